The lowest BCUT2D eigenvalue weighted by Crippen LogP contribution is -2.45. The van der Waals surface area contributed by atoms with Crippen LogP contribution >= 0.6 is 0 Å². The Morgan fingerprint density at radius 3 is 2.40 bits per heavy atom. The second-order valence-electron chi connectivity index (χ2n) is 7.14. The second kappa shape index (κ2) is 8.86. The minimum atomic E-state index is -0.346. The molecule has 8 nitrogen and oxygen atoms in total. The SMILES string of the molecule is COc1cc(OC)cc(C(=O)N(C)CC(=O)N2c3ccccc3NC(=O)CC2C)c1. The Labute approximate surface area is 175 Å². The van der Waals surface area contributed by atoms with E-state index in [1.807, 2.05) is 6.92 Å². The fourth-order valence-corrected chi connectivity index (χ4v) is 3.47. The molecule has 2 aromatic rings. The van der Waals surface area contributed by atoms with Gasteiger partial charge in [-0.1, -0.05) is 12.1 Å². The minimum Gasteiger partial charge on any atom is -0.497 e. The van der Waals surface area contributed by atoms with E-state index in [1.54, 1.807) is 54.4 Å². The molecule has 0 saturated carbocycles. The Morgan fingerprint density at radius 2 is 1.77 bits per heavy atom. The van der Waals surface area contributed by atoms with E-state index in [4.69, 9.17) is 9.47 Å². The van der Waals surface area contributed by atoms with Crippen molar-refractivity contribution in [3.63, 3.8) is 0 Å². The fraction of sp³-hybridized carbons (Fsp3) is 0.318. The molecule has 30 heavy (non-hydrogen) atoms. The van der Waals surface area contributed by atoms with E-state index in [2.05, 4.69) is 5.32 Å². The number of ether oxygens (including phenoxy) is 2. The number of likely N-dealkylation sites (N-methyl/N-ethyl adjacent to an activating group) is 1. The number of carbonyl (C=O) groups is 3. The number of rotatable bonds is 5. The third-order valence-electron chi connectivity index (χ3n) is 4.95. The number of amides is 3. The number of hydrogen-bond acceptors (Lipinski definition) is 5. The molecule has 158 valence electrons. The highest BCUT2D eigenvalue weighted by Crippen LogP contribution is 2.31. The van der Waals surface area contributed by atoms with Crippen LogP contribution in [0.3, 0.4) is 0 Å². The van der Waals surface area contributed by atoms with Crippen molar-refractivity contribution in [3.8, 4) is 11.5 Å². The quantitative estimate of drug-likeness (QED) is 0.817. The molecule has 1 aliphatic heterocycles. The van der Waals surface area contributed by atoms with Gasteiger partial charge in [-0.3, -0.25) is 14.4 Å². The zero-order valence-electron chi connectivity index (χ0n) is 17.5. The van der Waals surface area contributed by atoms with Gasteiger partial charge < -0.3 is 24.6 Å². The maximum atomic E-state index is 13.2. The van der Waals surface area contributed by atoms with Crippen LogP contribution in [-0.4, -0.2) is 56.5 Å². The Kier molecular flexibility index (Phi) is 6.25. The number of fused-ring (bicyclic) bond motifs is 1. The van der Waals surface area contributed by atoms with Gasteiger partial charge in [-0.2, -0.15) is 0 Å². The monoisotopic (exact) mass is 411 g/mol. The van der Waals surface area contributed by atoms with Gasteiger partial charge in [-0.15, -0.1) is 0 Å². The molecular weight excluding hydrogens is 386 g/mol. The number of hydrogen-bond donors (Lipinski definition) is 1. The molecule has 1 unspecified atom stereocenters. The average molecular weight is 411 g/mol. The smallest absolute Gasteiger partial charge is 0.254 e. The molecule has 2 aromatic carbocycles. The molecule has 0 fully saturated rings. The molecule has 1 heterocycles. The Hall–Kier alpha value is -3.55. The highest BCUT2D eigenvalue weighted by atomic mass is 16.5. The van der Waals surface area contributed by atoms with Gasteiger partial charge in [0.25, 0.3) is 5.91 Å². The zero-order chi connectivity index (χ0) is 21.8. The Balaban J connectivity index is 1.83. The third kappa shape index (κ3) is 4.37. The van der Waals surface area contributed by atoms with Crippen LogP contribution < -0.4 is 19.7 Å². The predicted octanol–water partition coefficient (Wildman–Crippen LogP) is 2.54. The van der Waals surface area contributed by atoms with Crippen LogP contribution in [0.25, 0.3) is 0 Å². The van der Waals surface area contributed by atoms with Crippen molar-refractivity contribution >= 4 is 29.1 Å². The average Bonchev–Trinajstić information content (AvgIpc) is 2.86. The number of nitrogens with one attached hydrogen (secondary N) is 1. The molecule has 0 aliphatic carbocycles. The van der Waals surface area contributed by atoms with Crippen molar-refractivity contribution in [1.82, 2.24) is 4.90 Å². The molecule has 1 N–H and O–H groups in total. The highest BCUT2D eigenvalue weighted by Gasteiger charge is 2.30. The first kappa shape index (κ1) is 21.2. The summed E-state index contributed by atoms with van der Waals surface area (Å²) in [5.74, 6) is 0.190. The van der Waals surface area contributed by atoms with Crippen LogP contribution in [0.4, 0.5) is 11.4 Å². The molecule has 0 radical (unpaired) electrons. The Morgan fingerprint density at radius 1 is 1.13 bits per heavy atom. The van der Waals surface area contributed by atoms with E-state index < -0.39 is 0 Å². The molecule has 0 spiro atoms. The third-order valence-corrected chi connectivity index (χ3v) is 4.95. The van der Waals surface area contributed by atoms with Crippen LogP contribution in [0.5, 0.6) is 11.5 Å². The number of anilines is 2. The number of carbonyl (C=O) groups excluding carboxylic acids is 3. The number of nitrogens with zero attached hydrogens (tertiary/aromatic N) is 2. The summed E-state index contributed by atoms with van der Waals surface area (Å²) in [5, 5.41) is 2.82. The minimum absolute atomic E-state index is 0.148. The van der Waals surface area contributed by atoms with Gasteiger partial charge >= 0.3 is 0 Å². The standard InChI is InChI=1S/C22H25N3O5/c1-14-9-20(26)23-18-7-5-6-8-19(18)25(14)21(27)13-24(2)22(28)15-10-16(29-3)12-17(11-15)30-4/h5-8,10-12,14H,9,13H2,1-4H3,(H,23,26). The van der Waals surface area contributed by atoms with Gasteiger partial charge in [0.15, 0.2) is 0 Å². The van der Waals surface area contributed by atoms with Gasteiger partial charge in [0.05, 0.1) is 25.6 Å². The lowest BCUT2D eigenvalue weighted by atomic mass is 10.1. The van der Waals surface area contributed by atoms with Crippen LogP contribution in [0.2, 0.25) is 0 Å². The van der Waals surface area contributed by atoms with Crippen molar-refractivity contribution in [2.24, 2.45) is 0 Å². The molecule has 1 aliphatic rings. The van der Waals surface area contributed by atoms with Gasteiger partial charge in [0.2, 0.25) is 11.8 Å². The molecule has 1 atom stereocenters. The maximum Gasteiger partial charge on any atom is 0.254 e. The van der Waals surface area contributed by atoms with Crippen molar-refractivity contribution < 1.29 is 23.9 Å². The van der Waals surface area contributed by atoms with Crippen LogP contribution in [-0.2, 0) is 9.59 Å². The van der Waals surface area contributed by atoms with Gasteiger partial charge in [0, 0.05) is 31.1 Å². The summed E-state index contributed by atoms with van der Waals surface area (Å²) in [4.78, 5) is 41.1. The van der Waals surface area contributed by atoms with Gasteiger partial charge in [0.1, 0.15) is 18.0 Å². The van der Waals surface area contributed by atoms with E-state index in [1.165, 1.54) is 19.1 Å². The first-order valence-corrected chi connectivity index (χ1v) is 9.53. The van der Waals surface area contributed by atoms with E-state index >= 15 is 0 Å². The molecule has 0 aromatic heterocycles. The summed E-state index contributed by atoms with van der Waals surface area (Å²) in [7, 11) is 4.57. The van der Waals surface area contributed by atoms with E-state index in [-0.39, 0.29) is 36.7 Å². The lowest BCUT2D eigenvalue weighted by molar-refractivity contribution is -0.119. The zero-order valence-corrected chi connectivity index (χ0v) is 17.5. The lowest BCUT2D eigenvalue weighted by Gasteiger charge is -2.29. The first-order valence-electron chi connectivity index (χ1n) is 9.53. The summed E-state index contributed by atoms with van der Waals surface area (Å²) < 4.78 is 10.4. The molecule has 0 saturated heterocycles. The topological polar surface area (TPSA) is 88.2 Å². The van der Waals surface area contributed by atoms with Gasteiger partial charge in [-0.25, -0.2) is 0 Å². The van der Waals surface area contributed by atoms with E-state index in [9.17, 15) is 14.4 Å². The highest BCUT2D eigenvalue weighted by molar-refractivity contribution is 6.06. The molecule has 3 rings (SSSR count). The van der Waals surface area contributed by atoms with E-state index in [0.717, 1.165) is 0 Å². The molecule has 0 bridgehead atoms. The van der Waals surface area contributed by atoms with Crippen molar-refractivity contribution in [3.05, 3.63) is 48.0 Å². The van der Waals surface area contributed by atoms with Crippen molar-refractivity contribution in [2.45, 2.75) is 19.4 Å². The molecule has 8 heteroatoms. The number of para-hydroxylation sites is 2. The number of benzene rings is 2. The first-order chi connectivity index (χ1) is 14.3. The molecule has 3 amide bonds. The second-order valence-corrected chi connectivity index (χ2v) is 7.14. The van der Waals surface area contributed by atoms with Crippen LogP contribution in [0.1, 0.15) is 23.7 Å². The number of methoxy groups -OCH3 is 2. The summed E-state index contributed by atoms with van der Waals surface area (Å²) in [6.07, 6.45) is 0.172. The maximum absolute atomic E-state index is 13.2. The molecular formula is C22H25N3O5. The summed E-state index contributed by atoms with van der Waals surface area (Å²) in [6, 6.07) is 11.6. The Bertz CT molecular complexity index is 953. The largest absolute Gasteiger partial charge is 0.497 e. The van der Waals surface area contributed by atoms with E-state index in [0.29, 0.717) is 28.4 Å². The summed E-state index contributed by atoms with van der Waals surface area (Å²) >= 11 is 0. The van der Waals surface area contributed by atoms with Crippen molar-refractivity contribution in [2.75, 3.05) is 38.0 Å². The van der Waals surface area contributed by atoms with Crippen LogP contribution in [0.15, 0.2) is 42.5 Å². The predicted molar refractivity (Wildman–Crippen MR) is 113 cm³/mol. The normalized spacial score (nSPS) is 15.5. The summed E-state index contributed by atoms with van der Waals surface area (Å²) in [5.41, 5.74) is 1.54. The van der Waals surface area contributed by atoms with Crippen LogP contribution in [0, 0.1) is 0 Å². The van der Waals surface area contributed by atoms with Gasteiger partial charge in [-0.05, 0) is 31.2 Å². The summed E-state index contributed by atoms with van der Waals surface area (Å²) in [6.45, 7) is 1.67. The fourth-order valence-electron chi connectivity index (χ4n) is 3.47. The van der Waals surface area contributed by atoms with Crippen molar-refractivity contribution in [1.29, 1.82) is 0 Å².